The Hall–Kier alpha value is -2.51. The zero-order valence-electron chi connectivity index (χ0n) is 12.7. The Labute approximate surface area is 150 Å². The number of nitrogens with zero attached hydrogens (tertiary/aromatic N) is 2. The summed E-state index contributed by atoms with van der Waals surface area (Å²) in [5, 5.41) is 9.24. The van der Waals surface area contributed by atoms with E-state index in [0.29, 0.717) is 0 Å². The number of carbonyl (C=O) groups excluding carboxylic acids is 4. The number of hydrogen-bond acceptors (Lipinski definition) is 7. The molecule has 3 fully saturated rings. The number of halogens is 4. The maximum absolute atomic E-state index is 13.6. The lowest BCUT2D eigenvalue weighted by atomic mass is 9.59. The second-order valence-corrected chi connectivity index (χ2v) is 6.74. The normalized spacial score (nSPS) is 29.4. The van der Waals surface area contributed by atoms with E-state index in [4.69, 9.17) is 0 Å². The Bertz CT molecular complexity index is 876. The van der Waals surface area contributed by atoms with E-state index >= 15 is 0 Å². The molecule has 1 aliphatic carbocycles. The van der Waals surface area contributed by atoms with Crippen LogP contribution in [-0.2, 0) is 23.5 Å². The Morgan fingerprint density at radius 3 is 1.67 bits per heavy atom. The molecule has 2 heterocycles. The molecule has 0 bridgehead atoms. The molecular formula is C14H6F4N2O6S. The van der Waals surface area contributed by atoms with Crippen molar-refractivity contribution in [3.8, 4) is 0 Å². The van der Waals surface area contributed by atoms with Crippen molar-refractivity contribution in [2.24, 2.45) is 23.7 Å². The molecule has 8 nitrogen and oxygen atoms in total. The predicted molar refractivity (Wildman–Crippen MR) is 72.7 cm³/mol. The van der Waals surface area contributed by atoms with Crippen LogP contribution in [0.25, 0.3) is 0 Å². The first kappa shape index (κ1) is 17.9. The van der Waals surface area contributed by atoms with Crippen molar-refractivity contribution in [2.45, 2.75) is 4.90 Å². The highest BCUT2D eigenvalue weighted by atomic mass is 32.2. The number of hydroxylamine groups is 4. The summed E-state index contributed by atoms with van der Waals surface area (Å²) in [6.45, 7) is 0. The minimum absolute atomic E-state index is 0.0276. The molecule has 1 aromatic carbocycles. The van der Waals surface area contributed by atoms with Crippen LogP contribution >= 0.6 is 12.0 Å². The molecule has 27 heavy (non-hydrogen) atoms. The highest BCUT2D eigenvalue weighted by molar-refractivity contribution is 7.94. The van der Waals surface area contributed by atoms with Gasteiger partial charge in [-0.1, -0.05) is 0 Å². The van der Waals surface area contributed by atoms with Crippen molar-refractivity contribution >= 4 is 35.7 Å². The quantitative estimate of drug-likeness (QED) is 0.260. The molecule has 0 aromatic heterocycles. The number of hydrogen-bond donors (Lipinski definition) is 1. The van der Waals surface area contributed by atoms with Crippen LogP contribution in [-0.4, -0.2) is 39.0 Å². The average molecular weight is 406 g/mol. The summed E-state index contributed by atoms with van der Waals surface area (Å²) in [6, 6.07) is -0.0276. The molecule has 2 aliphatic heterocycles. The Kier molecular flexibility index (Phi) is 3.80. The summed E-state index contributed by atoms with van der Waals surface area (Å²) in [5.41, 5.74) is 0. The molecule has 3 aliphatic rings. The molecule has 0 radical (unpaired) electrons. The molecule has 0 spiro atoms. The summed E-state index contributed by atoms with van der Waals surface area (Å²) < 4.78 is 58.3. The molecule has 4 rings (SSSR count). The number of rotatable bonds is 3. The average Bonchev–Trinajstić information content (AvgIpc) is 2.89. The van der Waals surface area contributed by atoms with Crippen molar-refractivity contribution in [3.05, 3.63) is 29.3 Å². The monoisotopic (exact) mass is 406 g/mol. The van der Waals surface area contributed by atoms with Gasteiger partial charge in [0, 0.05) is 6.07 Å². The third kappa shape index (κ3) is 2.18. The van der Waals surface area contributed by atoms with Gasteiger partial charge in [-0.2, -0.15) is 9.35 Å². The Morgan fingerprint density at radius 1 is 0.815 bits per heavy atom. The van der Waals surface area contributed by atoms with Crippen LogP contribution < -0.4 is 0 Å². The van der Waals surface area contributed by atoms with E-state index in [1.54, 1.807) is 0 Å². The van der Waals surface area contributed by atoms with E-state index < -0.39 is 75.5 Å². The van der Waals surface area contributed by atoms with Crippen LogP contribution in [0.5, 0.6) is 0 Å². The minimum atomic E-state index is -1.79. The highest BCUT2D eigenvalue weighted by Gasteiger charge is 2.74. The Balaban J connectivity index is 1.57. The standard InChI is InChI=1S/C14H6F4N2O6S/c15-2-1-3(16)9(18)10(8(2)17)27-26-20-13(23)6-4-5(7(6)14(20)24)12(22)19(25)11(4)21/h1,4-7,25H. The molecule has 1 N–H and O–H groups in total. The van der Waals surface area contributed by atoms with E-state index in [2.05, 4.69) is 4.28 Å². The molecule has 4 unspecified atom stereocenters. The zero-order chi connectivity index (χ0) is 19.8. The summed E-state index contributed by atoms with van der Waals surface area (Å²) in [7, 11) is 0. The van der Waals surface area contributed by atoms with Gasteiger partial charge in [0.15, 0.2) is 23.3 Å². The van der Waals surface area contributed by atoms with Gasteiger partial charge in [-0.25, -0.2) is 17.6 Å². The summed E-state index contributed by atoms with van der Waals surface area (Å²) >= 11 is -0.307. The van der Waals surface area contributed by atoms with Gasteiger partial charge in [0.05, 0.1) is 35.7 Å². The number of carbonyl (C=O) groups is 4. The molecular weight excluding hydrogens is 400 g/mol. The van der Waals surface area contributed by atoms with Crippen molar-refractivity contribution < 1.29 is 46.2 Å². The molecule has 142 valence electrons. The van der Waals surface area contributed by atoms with Gasteiger partial charge in [0.1, 0.15) is 4.90 Å². The van der Waals surface area contributed by atoms with E-state index in [0.717, 1.165) is 0 Å². The van der Waals surface area contributed by atoms with E-state index in [9.17, 15) is 41.9 Å². The van der Waals surface area contributed by atoms with Gasteiger partial charge in [0.2, 0.25) is 0 Å². The second-order valence-electron chi connectivity index (χ2n) is 6.02. The lowest BCUT2D eigenvalue weighted by molar-refractivity contribution is -0.174. The van der Waals surface area contributed by atoms with Crippen molar-refractivity contribution in [2.75, 3.05) is 0 Å². The maximum Gasteiger partial charge on any atom is 0.259 e. The molecule has 4 amide bonds. The lowest BCUT2D eigenvalue weighted by Crippen LogP contribution is -2.50. The first-order valence-electron chi connectivity index (χ1n) is 7.29. The number of benzene rings is 1. The number of amides is 4. The van der Waals surface area contributed by atoms with Crippen LogP contribution in [0.1, 0.15) is 0 Å². The van der Waals surface area contributed by atoms with Crippen molar-refractivity contribution in [3.63, 3.8) is 0 Å². The van der Waals surface area contributed by atoms with Gasteiger partial charge in [-0.05, 0) is 0 Å². The summed E-state index contributed by atoms with van der Waals surface area (Å²) in [5.74, 6) is -16.3. The smallest absolute Gasteiger partial charge is 0.259 e. The highest BCUT2D eigenvalue weighted by Crippen LogP contribution is 2.56. The van der Waals surface area contributed by atoms with Crippen LogP contribution in [0.2, 0.25) is 0 Å². The summed E-state index contributed by atoms with van der Waals surface area (Å²) in [6.07, 6.45) is 0. The first-order chi connectivity index (χ1) is 12.7. The topological polar surface area (TPSA) is 104 Å². The summed E-state index contributed by atoms with van der Waals surface area (Å²) in [4.78, 5) is 46.8. The first-order valence-corrected chi connectivity index (χ1v) is 8.03. The van der Waals surface area contributed by atoms with Gasteiger partial charge in [-0.3, -0.25) is 24.4 Å². The van der Waals surface area contributed by atoms with E-state index in [-0.39, 0.29) is 28.2 Å². The molecule has 1 saturated carbocycles. The fourth-order valence-corrected chi connectivity index (χ4v) is 4.16. The fourth-order valence-electron chi connectivity index (χ4n) is 3.52. The van der Waals surface area contributed by atoms with Crippen molar-refractivity contribution in [1.82, 2.24) is 10.1 Å². The van der Waals surface area contributed by atoms with Crippen LogP contribution in [0.4, 0.5) is 17.6 Å². The third-order valence-corrected chi connectivity index (χ3v) is 5.52. The van der Waals surface area contributed by atoms with Crippen LogP contribution in [0, 0.1) is 46.9 Å². The second kappa shape index (κ2) is 5.74. The number of fused-ring (bicyclic) bond motifs is 4. The number of imide groups is 2. The molecule has 13 heteroatoms. The van der Waals surface area contributed by atoms with Gasteiger partial charge in [-0.15, -0.1) is 5.06 Å². The fraction of sp³-hybridized carbons (Fsp3) is 0.286. The van der Waals surface area contributed by atoms with Gasteiger partial charge < -0.3 is 0 Å². The molecule has 4 atom stereocenters. The lowest BCUT2D eigenvalue weighted by Gasteiger charge is -2.35. The maximum atomic E-state index is 13.6. The SMILES string of the molecule is O=C1C2C(C(=O)N1O)C1C(=O)N(OSc3c(F)c(F)cc(F)c3F)C(=O)C21. The molecule has 2 saturated heterocycles. The van der Waals surface area contributed by atoms with Crippen LogP contribution in [0.15, 0.2) is 11.0 Å². The zero-order valence-corrected chi connectivity index (χ0v) is 13.5. The Morgan fingerprint density at radius 2 is 1.22 bits per heavy atom. The van der Waals surface area contributed by atoms with E-state index in [1.807, 2.05) is 0 Å². The molecule has 1 aromatic rings. The van der Waals surface area contributed by atoms with Gasteiger partial charge >= 0.3 is 0 Å². The largest absolute Gasteiger partial charge is 0.278 e. The minimum Gasteiger partial charge on any atom is -0.278 e. The van der Waals surface area contributed by atoms with Crippen molar-refractivity contribution in [1.29, 1.82) is 0 Å². The third-order valence-electron chi connectivity index (χ3n) is 4.77. The van der Waals surface area contributed by atoms with Gasteiger partial charge in [0.25, 0.3) is 23.6 Å². The van der Waals surface area contributed by atoms with Crippen LogP contribution in [0.3, 0.4) is 0 Å². The van der Waals surface area contributed by atoms with E-state index in [1.165, 1.54) is 0 Å². The predicted octanol–water partition coefficient (Wildman–Crippen LogP) is 0.787.